The van der Waals surface area contributed by atoms with Crippen molar-refractivity contribution in [1.82, 2.24) is 0 Å². The van der Waals surface area contributed by atoms with Crippen LogP contribution in [0.15, 0.2) is 0 Å². The van der Waals surface area contributed by atoms with E-state index in [0.29, 0.717) is 12.8 Å². The molecule has 0 aromatic rings. The molecule has 0 spiro atoms. The van der Waals surface area contributed by atoms with E-state index in [-0.39, 0.29) is 22.4 Å². The molecule has 1 aliphatic rings. The van der Waals surface area contributed by atoms with E-state index in [9.17, 15) is 19.8 Å². The van der Waals surface area contributed by atoms with Gasteiger partial charge in [0.05, 0.1) is 0 Å². The number of carboxylic acids is 2. The summed E-state index contributed by atoms with van der Waals surface area (Å²) < 4.78 is 0. The fraction of sp³-hybridized carbons (Fsp3) is 0.750. The van der Waals surface area contributed by atoms with E-state index in [1.54, 1.807) is 0 Å². The number of rotatable bonds is 2. The van der Waals surface area contributed by atoms with Crippen LogP contribution >= 0.6 is 0 Å². The molecule has 5 heteroatoms. The molecule has 1 fully saturated rings. The Labute approximate surface area is 91.8 Å². The summed E-state index contributed by atoms with van der Waals surface area (Å²) in [5.41, 5.74) is 0. The number of carbonyl (C=O) groups is 2. The maximum atomic E-state index is 10.5. The van der Waals surface area contributed by atoms with E-state index in [0.717, 1.165) is 12.8 Å². The zero-order chi connectivity index (χ0) is 9.14. The second-order valence-corrected chi connectivity index (χ2v) is 3.14. The molecule has 0 aliphatic heterocycles. The number of hydrogen-bond donors (Lipinski definition) is 0. The Bertz CT molecular complexity index is 182. The molecule has 0 heterocycles. The average molecular weight is 278 g/mol. The third-order valence-corrected chi connectivity index (χ3v) is 2.37. The van der Waals surface area contributed by atoms with Gasteiger partial charge in [-0.15, -0.1) is 0 Å². The molecule has 1 radical (unpaired) electrons. The second-order valence-electron chi connectivity index (χ2n) is 3.14. The monoisotopic (exact) mass is 277 g/mol. The van der Waals surface area contributed by atoms with Gasteiger partial charge in [0.2, 0.25) is 0 Å². The SMILES string of the molecule is O=C([O-])C1CCCCC1C(=O)[O-].[Ag]. The summed E-state index contributed by atoms with van der Waals surface area (Å²) in [6.45, 7) is 0. The summed E-state index contributed by atoms with van der Waals surface area (Å²) in [5.74, 6) is -4.21. The molecular formula is C8H10AgO4-2. The summed E-state index contributed by atoms with van der Waals surface area (Å²) in [4.78, 5) is 20.9. The Kier molecular flexibility index (Phi) is 5.29. The van der Waals surface area contributed by atoms with Crippen LogP contribution in [0.1, 0.15) is 25.7 Å². The van der Waals surface area contributed by atoms with Gasteiger partial charge in [-0.2, -0.15) is 0 Å². The first-order valence-electron chi connectivity index (χ1n) is 4.04. The van der Waals surface area contributed by atoms with Crippen LogP contribution in [-0.4, -0.2) is 11.9 Å². The van der Waals surface area contributed by atoms with E-state index in [1.165, 1.54) is 0 Å². The first kappa shape index (κ1) is 12.7. The molecule has 1 saturated carbocycles. The van der Waals surface area contributed by atoms with E-state index in [4.69, 9.17) is 0 Å². The first-order chi connectivity index (χ1) is 5.63. The van der Waals surface area contributed by atoms with Crippen molar-refractivity contribution >= 4 is 11.9 Å². The van der Waals surface area contributed by atoms with Crippen LogP contribution < -0.4 is 10.2 Å². The van der Waals surface area contributed by atoms with Gasteiger partial charge in [-0.05, 0) is 12.8 Å². The van der Waals surface area contributed by atoms with Crippen molar-refractivity contribution in [2.24, 2.45) is 11.8 Å². The zero-order valence-electron chi connectivity index (χ0n) is 6.92. The molecule has 0 N–H and O–H groups in total. The molecule has 1 rings (SSSR count). The number of aliphatic carboxylic acids is 2. The number of carbonyl (C=O) groups excluding carboxylic acids is 2. The van der Waals surface area contributed by atoms with Crippen molar-refractivity contribution < 1.29 is 42.2 Å². The molecule has 4 nitrogen and oxygen atoms in total. The van der Waals surface area contributed by atoms with Crippen LogP contribution in [0.5, 0.6) is 0 Å². The molecule has 1 aliphatic carbocycles. The number of hydrogen-bond acceptors (Lipinski definition) is 4. The van der Waals surface area contributed by atoms with Crippen LogP contribution in [-0.2, 0) is 32.0 Å². The quantitative estimate of drug-likeness (QED) is 0.563. The Morgan fingerprint density at radius 3 is 1.46 bits per heavy atom. The van der Waals surface area contributed by atoms with Crippen molar-refractivity contribution in [2.75, 3.05) is 0 Å². The van der Waals surface area contributed by atoms with Gasteiger partial charge in [-0.25, -0.2) is 0 Å². The molecular weight excluding hydrogens is 268 g/mol. The molecule has 0 amide bonds. The Morgan fingerprint density at radius 2 is 1.23 bits per heavy atom. The van der Waals surface area contributed by atoms with Crippen molar-refractivity contribution in [3.63, 3.8) is 0 Å². The van der Waals surface area contributed by atoms with E-state index < -0.39 is 23.8 Å². The zero-order valence-corrected chi connectivity index (χ0v) is 8.40. The average Bonchev–Trinajstić information content (AvgIpc) is 2.04. The topological polar surface area (TPSA) is 80.3 Å². The summed E-state index contributed by atoms with van der Waals surface area (Å²) in [7, 11) is 0. The maximum Gasteiger partial charge on any atom is 0.0451 e. The molecule has 2 unspecified atom stereocenters. The molecule has 79 valence electrons. The van der Waals surface area contributed by atoms with Crippen LogP contribution in [0.2, 0.25) is 0 Å². The smallest absolute Gasteiger partial charge is 0.0451 e. The molecule has 0 bridgehead atoms. The summed E-state index contributed by atoms with van der Waals surface area (Å²) in [5, 5.41) is 20.9. The Morgan fingerprint density at radius 1 is 0.923 bits per heavy atom. The van der Waals surface area contributed by atoms with Gasteiger partial charge in [-0.1, -0.05) is 12.8 Å². The fourth-order valence-electron chi connectivity index (χ4n) is 1.70. The predicted octanol–water partition coefficient (Wildman–Crippen LogP) is -1.71. The van der Waals surface area contributed by atoms with Crippen molar-refractivity contribution in [2.45, 2.75) is 25.7 Å². The second kappa shape index (κ2) is 5.42. The van der Waals surface area contributed by atoms with Crippen molar-refractivity contribution in [3.05, 3.63) is 0 Å². The summed E-state index contributed by atoms with van der Waals surface area (Å²) >= 11 is 0. The van der Waals surface area contributed by atoms with E-state index >= 15 is 0 Å². The van der Waals surface area contributed by atoms with Crippen LogP contribution in [0.4, 0.5) is 0 Å². The fourth-order valence-corrected chi connectivity index (χ4v) is 1.70. The summed E-state index contributed by atoms with van der Waals surface area (Å²) in [6.07, 6.45) is 2.34. The minimum absolute atomic E-state index is 0. The van der Waals surface area contributed by atoms with E-state index in [1.807, 2.05) is 0 Å². The van der Waals surface area contributed by atoms with Crippen molar-refractivity contribution in [1.29, 1.82) is 0 Å². The minimum Gasteiger partial charge on any atom is -0.550 e. The van der Waals surface area contributed by atoms with Crippen LogP contribution in [0.25, 0.3) is 0 Å². The minimum atomic E-state index is -1.26. The van der Waals surface area contributed by atoms with Crippen LogP contribution in [0, 0.1) is 11.8 Å². The molecule has 0 aromatic carbocycles. The summed E-state index contributed by atoms with van der Waals surface area (Å²) in [6, 6.07) is 0. The largest absolute Gasteiger partial charge is 0.550 e. The molecule has 13 heavy (non-hydrogen) atoms. The maximum absolute atomic E-state index is 10.5. The van der Waals surface area contributed by atoms with Gasteiger partial charge in [0.1, 0.15) is 0 Å². The van der Waals surface area contributed by atoms with E-state index in [2.05, 4.69) is 0 Å². The molecule has 0 aromatic heterocycles. The standard InChI is InChI=1S/C8H12O4.Ag/c9-7(10)5-3-1-2-4-6(5)8(11)12;/h5-6H,1-4H2,(H,9,10)(H,11,12);/p-2. The first-order valence-corrected chi connectivity index (χ1v) is 4.04. The molecule has 0 saturated heterocycles. The van der Waals surface area contributed by atoms with Crippen molar-refractivity contribution in [3.8, 4) is 0 Å². The van der Waals surface area contributed by atoms with Gasteiger partial charge < -0.3 is 19.8 Å². The van der Waals surface area contributed by atoms with Gasteiger partial charge in [0, 0.05) is 46.2 Å². The van der Waals surface area contributed by atoms with Gasteiger partial charge >= 0.3 is 0 Å². The van der Waals surface area contributed by atoms with Gasteiger partial charge in [0.15, 0.2) is 0 Å². The normalized spacial score (nSPS) is 27.4. The third-order valence-electron chi connectivity index (χ3n) is 2.37. The predicted molar refractivity (Wildman–Crippen MR) is 35.5 cm³/mol. The molecule has 2 atom stereocenters. The number of carboxylic acid groups (broad SMARTS) is 2. The Hall–Kier alpha value is -0.320. The Balaban J connectivity index is 0.00000144. The third kappa shape index (κ3) is 3.14. The van der Waals surface area contributed by atoms with Crippen LogP contribution in [0.3, 0.4) is 0 Å². The van der Waals surface area contributed by atoms with Gasteiger partial charge in [-0.3, -0.25) is 0 Å². The van der Waals surface area contributed by atoms with Gasteiger partial charge in [0.25, 0.3) is 0 Å².